The van der Waals surface area contributed by atoms with Crippen molar-refractivity contribution in [2.24, 2.45) is 0 Å². The van der Waals surface area contributed by atoms with Gasteiger partial charge in [-0.1, -0.05) is 44.9 Å². The van der Waals surface area contributed by atoms with Crippen LogP contribution in [0.2, 0.25) is 0 Å². The van der Waals surface area contributed by atoms with Crippen LogP contribution in [0.25, 0.3) is 0 Å². The fraction of sp³-hybridized carbons (Fsp3) is 0.850. The van der Waals surface area contributed by atoms with Gasteiger partial charge in [0.05, 0.1) is 0 Å². The maximum absolute atomic E-state index is 11.6. The van der Waals surface area contributed by atoms with Gasteiger partial charge in [-0.15, -0.1) is 0 Å². The van der Waals surface area contributed by atoms with Gasteiger partial charge < -0.3 is 14.9 Å². The maximum Gasteiger partial charge on any atom is 0.219 e. The molecule has 1 N–H and O–H groups in total. The second-order valence-electron chi connectivity index (χ2n) is 6.89. The fourth-order valence-electron chi connectivity index (χ4n) is 2.71. The highest BCUT2D eigenvalue weighted by molar-refractivity contribution is 5.76. The van der Waals surface area contributed by atoms with E-state index in [-0.39, 0.29) is 11.7 Å². The molecular weight excluding hydrogens is 302 g/mol. The number of amides is 1. The van der Waals surface area contributed by atoms with Crippen LogP contribution in [0.15, 0.2) is 0 Å². The topological polar surface area (TPSA) is 63.2 Å². The number of ketones is 2. The smallest absolute Gasteiger partial charge is 0.219 e. The van der Waals surface area contributed by atoms with E-state index in [1.165, 1.54) is 44.9 Å². The Morgan fingerprint density at radius 3 is 1.42 bits per heavy atom. The lowest BCUT2D eigenvalue weighted by atomic mass is 10.1. The minimum Gasteiger partial charge on any atom is -0.356 e. The molecule has 0 fully saturated rings. The molecule has 0 aromatic heterocycles. The quantitative estimate of drug-likeness (QED) is 0.389. The predicted molar refractivity (Wildman–Crippen MR) is 99.0 cm³/mol. The highest BCUT2D eigenvalue weighted by Crippen LogP contribution is 2.10. The van der Waals surface area contributed by atoms with Crippen molar-refractivity contribution in [3.05, 3.63) is 0 Å². The summed E-state index contributed by atoms with van der Waals surface area (Å²) in [4.78, 5) is 33.2. The number of Topliss-reactive ketones (excluding diaryl/α,β-unsaturated/α-hetero) is 2. The van der Waals surface area contributed by atoms with Crippen molar-refractivity contribution in [2.45, 2.75) is 104 Å². The molecule has 1 amide bonds. The first-order valence-corrected chi connectivity index (χ1v) is 9.78. The average Bonchev–Trinajstić information content (AvgIpc) is 2.52. The highest BCUT2D eigenvalue weighted by Gasteiger charge is 2.01. The lowest BCUT2D eigenvalue weighted by Gasteiger charge is -2.05. The monoisotopic (exact) mass is 339 g/mol. The Morgan fingerprint density at radius 1 is 0.542 bits per heavy atom. The third-order valence-electron chi connectivity index (χ3n) is 4.21. The number of hydrogen-bond donors (Lipinski definition) is 1. The summed E-state index contributed by atoms with van der Waals surface area (Å²) in [5.41, 5.74) is 0. The highest BCUT2D eigenvalue weighted by atomic mass is 16.1. The van der Waals surface area contributed by atoms with Gasteiger partial charge in [0.25, 0.3) is 0 Å². The van der Waals surface area contributed by atoms with E-state index < -0.39 is 0 Å². The zero-order chi connectivity index (χ0) is 18.0. The molecule has 0 atom stereocenters. The van der Waals surface area contributed by atoms with Crippen LogP contribution in [-0.4, -0.2) is 24.0 Å². The van der Waals surface area contributed by atoms with Crippen molar-refractivity contribution in [3.63, 3.8) is 0 Å². The summed E-state index contributed by atoms with van der Waals surface area (Å²) in [7, 11) is 0. The van der Waals surface area contributed by atoms with Crippen LogP contribution in [0.1, 0.15) is 104 Å². The summed E-state index contributed by atoms with van der Waals surface area (Å²) in [6.45, 7) is 4.03. The number of carbonyl (C=O) groups is 3. The molecule has 0 bridgehead atoms. The van der Waals surface area contributed by atoms with E-state index in [9.17, 15) is 14.4 Å². The summed E-state index contributed by atoms with van der Waals surface area (Å²) in [6.07, 6.45) is 14.2. The summed E-state index contributed by atoms with van der Waals surface area (Å²) < 4.78 is 0. The van der Waals surface area contributed by atoms with Crippen LogP contribution in [0.5, 0.6) is 0 Å². The molecule has 4 nitrogen and oxygen atoms in total. The lowest BCUT2D eigenvalue weighted by molar-refractivity contribution is -0.121. The van der Waals surface area contributed by atoms with Crippen LogP contribution in [0.4, 0.5) is 0 Å². The van der Waals surface area contributed by atoms with Gasteiger partial charge in [0, 0.05) is 25.8 Å². The second-order valence-corrected chi connectivity index (χ2v) is 6.89. The molecule has 0 saturated carbocycles. The summed E-state index contributed by atoms with van der Waals surface area (Å²) in [5, 5.41) is 2.95. The van der Waals surface area contributed by atoms with E-state index in [2.05, 4.69) is 5.32 Å². The predicted octanol–water partition coefficient (Wildman–Crippen LogP) is 4.74. The molecule has 0 aliphatic heterocycles. The van der Waals surface area contributed by atoms with Crippen LogP contribution >= 0.6 is 0 Å². The van der Waals surface area contributed by atoms with Crippen molar-refractivity contribution in [3.8, 4) is 0 Å². The molecule has 0 aliphatic carbocycles. The van der Waals surface area contributed by atoms with Crippen LogP contribution in [0, 0.1) is 0 Å². The largest absolute Gasteiger partial charge is 0.356 e. The second kappa shape index (κ2) is 16.7. The number of carbonyl (C=O) groups excluding carboxylic acids is 3. The molecule has 140 valence electrons. The number of nitrogens with one attached hydrogen (secondary N) is 1. The minimum atomic E-state index is 0.115. The van der Waals surface area contributed by atoms with Gasteiger partial charge >= 0.3 is 0 Å². The van der Waals surface area contributed by atoms with Gasteiger partial charge in [-0.3, -0.25) is 4.79 Å². The van der Waals surface area contributed by atoms with Crippen molar-refractivity contribution in [1.82, 2.24) is 5.32 Å². The molecule has 0 aliphatic rings. The molecule has 24 heavy (non-hydrogen) atoms. The molecular formula is C20H37NO3. The number of rotatable bonds is 17. The SMILES string of the molecule is CC(=O)CCCCCCCCCCCNC(=O)CCCCC(C)=O. The maximum atomic E-state index is 11.6. The Kier molecular flexibility index (Phi) is 15.8. The third kappa shape index (κ3) is 18.9. The normalized spacial score (nSPS) is 10.6. The van der Waals surface area contributed by atoms with E-state index in [1.54, 1.807) is 13.8 Å². The van der Waals surface area contributed by atoms with E-state index in [0.29, 0.717) is 18.6 Å². The number of hydrogen-bond acceptors (Lipinski definition) is 3. The Hall–Kier alpha value is -1.19. The molecule has 0 heterocycles. The van der Waals surface area contributed by atoms with Crippen molar-refractivity contribution in [1.29, 1.82) is 0 Å². The van der Waals surface area contributed by atoms with Gasteiger partial charge in [0.1, 0.15) is 11.6 Å². The van der Waals surface area contributed by atoms with E-state index in [1.807, 2.05) is 0 Å². The van der Waals surface area contributed by atoms with Crippen LogP contribution in [-0.2, 0) is 14.4 Å². The molecule has 0 spiro atoms. The fourth-order valence-corrected chi connectivity index (χ4v) is 2.71. The Labute approximate surface area is 148 Å². The zero-order valence-corrected chi connectivity index (χ0v) is 15.8. The minimum absolute atomic E-state index is 0.115. The molecule has 0 rings (SSSR count). The van der Waals surface area contributed by atoms with Gasteiger partial charge in [-0.25, -0.2) is 0 Å². The summed E-state index contributed by atoms with van der Waals surface area (Å²) in [6, 6.07) is 0. The van der Waals surface area contributed by atoms with E-state index >= 15 is 0 Å². The molecule has 0 aromatic carbocycles. The average molecular weight is 340 g/mol. The summed E-state index contributed by atoms with van der Waals surface area (Å²) >= 11 is 0. The van der Waals surface area contributed by atoms with Gasteiger partial charge in [0.15, 0.2) is 0 Å². The van der Waals surface area contributed by atoms with Crippen LogP contribution in [0.3, 0.4) is 0 Å². The van der Waals surface area contributed by atoms with Gasteiger partial charge in [0.2, 0.25) is 5.91 Å². The first kappa shape index (κ1) is 22.8. The van der Waals surface area contributed by atoms with Crippen molar-refractivity contribution >= 4 is 17.5 Å². The lowest BCUT2D eigenvalue weighted by Crippen LogP contribution is -2.24. The molecule has 0 radical (unpaired) electrons. The standard InChI is InChI=1S/C20H37NO3/c1-18(22)14-10-8-6-4-3-5-7-9-13-17-21-20(24)16-12-11-15-19(2)23/h3-17H2,1-2H3,(H,21,24). The molecule has 0 saturated heterocycles. The third-order valence-corrected chi connectivity index (χ3v) is 4.21. The van der Waals surface area contributed by atoms with E-state index in [4.69, 9.17) is 0 Å². The Balaban J connectivity index is 3.17. The first-order chi connectivity index (χ1) is 11.5. The molecule has 0 unspecified atom stereocenters. The summed E-state index contributed by atoms with van der Waals surface area (Å²) in [5.74, 6) is 0.619. The van der Waals surface area contributed by atoms with Crippen molar-refractivity contribution < 1.29 is 14.4 Å². The Bertz CT molecular complexity index is 353. The zero-order valence-electron chi connectivity index (χ0n) is 15.8. The van der Waals surface area contributed by atoms with Crippen molar-refractivity contribution in [2.75, 3.05) is 6.54 Å². The van der Waals surface area contributed by atoms with Crippen LogP contribution < -0.4 is 5.32 Å². The van der Waals surface area contributed by atoms with E-state index in [0.717, 1.165) is 38.6 Å². The molecule has 0 aromatic rings. The number of unbranched alkanes of at least 4 members (excludes halogenated alkanes) is 9. The first-order valence-electron chi connectivity index (χ1n) is 9.78. The molecule has 4 heteroatoms. The van der Waals surface area contributed by atoms with Gasteiger partial charge in [-0.2, -0.15) is 0 Å². The van der Waals surface area contributed by atoms with Gasteiger partial charge in [-0.05, 0) is 39.5 Å². The Morgan fingerprint density at radius 2 is 0.917 bits per heavy atom.